The second-order valence-electron chi connectivity index (χ2n) is 6.26. The van der Waals surface area contributed by atoms with Crippen molar-refractivity contribution in [2.24, 2.45) is 0 Å². The first kappa shape index (κ1) is 23.5. The van der Waals surface area contributed by atoms with Crippen molar-refractivity contribution in [2.45, 2.75) is 23.7 Å². The predicted molar refractivity (Wildman–Crippen MR) is 98.1 cm³/mol. The molecule has 30 heavy (non-hydrogen) atoms. The molecule has 0 aliphatic heterocycles. The lowest BCUT2D eigenvalue weighted by Crippen LogP contribution is -2.41. The number of benzene rings is 1. The fourth-order valence-corrected chi connectivity index (χ4v) is 3.43. The Balaban J connectivity index is 2.14. The fourth-order valence-electron chi connectivity index (χ4n) is 2.29. The van der Waals surface area contributed by atoms with Gasteiger partial charge >= 0.3 is 6.18 Å². The van der Waals surface area contributed by atoms with Crippen molar-refractivity contribution in [3.8, 4) is 0 Å². The number of carbonyl (C=O) groups is 1. The van der Waals surface area contributed by atoms with Crippen LogP contribution in [0.2, 0.25) is 0 Å². The van der Waals surface area contributed by atoms with Crippen LogP contribution in [0.15, 0.2) is 41.4 Å². The van der Waals surface area contributed by atoms with Gasteiger partial charge in [-0.1, -0.05) is 12.1 Å². The third kappa shape index (κ3) is 5.64. The maximum absolute atomic E-state index is 13.0. The number of amides is 1. The van der Waals surface area contributed by atoms with Crippen LogP contribution in [0.4, 0.5) is 23.2 Å². The number of aliphatic hydroxyl groups excluding tert-OH is 1. The van der Waals surface area contributed by atoms with Gasteiger partial charge in [-0.15, -0.1) is 0 Å². The van der Waals surface area contributed by atoms with E-state index in [2.05, 4.69) is 4.98 Å². The van der Waals surface area contributed by atoms with Crippen molar-refractivity contribution in [3.63, 3.8) is 0 Å². The third-order valence-corrected chi connectivity index (χ3v) is 5.74. The quantitative estimate of drug-likeness (QED) is 0.546. The molecule has 1 aromatic heterocycles. The average Bonchev–Trinajstić information content (AvgIpc) is 2.66. The molecule has 0 saturated heterocycles. The Hall–Kier alpha value is -2.77. The number of sulfonamides is 1. The molecule has 2 aromatic rings. The predicted octanol–water partition coefficient (Wildman–Crippen LogP) is 1.28. The monoisotopic (exact) mass is 450 g/mol. The maximum atomic E-state index is 13.0. The molecule has 2 rings (SSSR count). The van der Waals surface area contributed by atoms with Crippen molar-refractivity contribution >= 4 is 21.6 Å². The van der Waals surface area contributed by atoms with E-state index in [9.17, 15) is 30.8 Å². The molecule has 8 nitrogen and oxygen atoms in total. The molecule has 13 heteroatoms. The van der Waals surface area contributed by atoms with Crippen LogP contribution >= 0.6 is 0 Å². The zero-order chi connectivity index (χ0) is 22.7. The van der Waals surface area contributed by atoms with Crippen LogP contribution in [0, 0.1) is 5.82 Å². The Morgan fingerprint density at radius 3 is 2.43 bits per heavy atom. The molecule has 1 atom stereocenters. The number of nitrogens with zero attached hydrogens (tertiary/aromatic N) is 2. The van der Waals surface area contributed by atoms with Gasteiger partial charge in [-0.2, -0.15) is 17.5 Å². The van der Waals surface area contributed by atoms with Crippen LogP contribution in [-0.4, -0.2) is 54.6 Å². The first-order chi connectivity index (χ1) is 13.8. The molecule has 0 spiro atoms. The number of nitrogen functional groups attached to an aromatic ring is 1. The third-order valence-electron chi connectivity index (χ3n) is 3.97. The summed E-state index contributed by atoms with van der Waals surface area (Å²) in [5.41, 5.74) is 5.28. The fraction of sp³-hybridized carbons (Fsp3) is 0.294. The summed E-state index contributed by atoms with van der Waals surface area (Å²) in [5, 5.41) is 10.7. The average molecular weight is 450 g/mol. The lowest BCUT2D eigenvalue weighted by atomic mass is 10.2. The number of nitrogens with one attached hydrogen (secondary N) is 1. The number of aromatic nitrogens is 1. The molecule has 0 aliphatic rings. The number of hydrogen-bond donors (Lipinski definition) is 3. The van der Waals surface area contributed by atoms with Crippen LogP contribution in [0.1, 0.15) is 16.1 Å². The standard InChI is InChI=1S/C17H18F4N4O4S/c1-25(9-10-2-4-11(18)5-3-10)30(28,29)12-6-13(22)15(23-7-12)16(27)24-8-14(26)17(19,20)21/h2-7,14,26H,8-9,22H2,1H3,(H,24,27). The zero-order valence-electron chi connectivity index (χ0n) is 15.5. The van der Waals surface area contributed by atoms with Gasteiger partial charge in [0.05, 0.1) is 12.2 Å². The summed E-state index contributed by atoms with van der Waals surface area (Å²) >= 11 is 0. The number of anilines is 1. The van der Waals surface area contributed by atoms with E-state index in [-0.39, 0.29) is 17.1 Å². The van der Waals surface area contributed by atoms with E-state index in [0.29, 0.717) is 5.56 Å². The molecule has 0 saturated carbocycles. The molecule has 0 bridgehead atoms. The lowest BCUT2D eigenvalue weighted by molar-refractivity contribution is -0.201. The molecule has 0 aliphatic carbocycles. The number of alkyl halides is 3. The van der Waals surface area contributed by atoms with E-state index in [1.165, 1.54) is 31.3 Å². The lowest BCUT2D eigenvalue weighted by Gasteiger charge is -2.18. The molecule has 0 fully saturated rings. The number of nitrogens with two attached hydrogens (primary N) is 1. The summed E-state index contributed by atoms with van der Waals surface area (Å²) in [7, 11) is -2.81. The Morgan fingerprint density at radius 1 is 1.30 bits per heavy atom. The van der Waals surface area contributed by atoms with E-state index >= 15 is 0 Å². The van der Waals surface area contributed by atoms with E-state index in [4.69, 9.17) is 10.8 Å². The van der Waals surface area contributed by atoms with Crippen molar-refractivity contribution in [2.75, 3.05) is 19.3 Å². The van der Waals surface area contributed by atoms with Crippen molar-refractivity contribution in [3.05, 3.63) is 53.6 Å². The molecular weight excluding hydrogens is 432 g/mol. The molecule has 1 aromatic carbocycles. The summed E-state index contributed by atoms with van der Waals surface area (Å²) in [6, 6.07) is 6.13. The van der Waals surface area contributed by atoms with E-state index in [0.717, 1.165) is 16.6 Å². The minimum atomic E-state index is -4.92. The smallest absolute Gasteiger partial charge is 0.397 e. The summed E-state index contributed by atoms with van der Waals surface area (Å²) in [6.45, 7) is -1.20. The van der Waals surface area contributed by atoms with E-state index in [1.54, 1.807) is 0 Å². The molecular formula is C17H18F4N4O4S. The highest BCUT2D eigenvalue weighted by Crippen LogP contribution is 2.21. The SMILES string of the molecule is CN(Cc1ccc(F)cc1)S(=O)(=O)c1cnc(C(=O)NCC(O)C(F)(F)F)c(N)c1. The van der Waals surface area contributed by atoms with Gasteiger partial charge in [0.1, 0.15) is 10.7 Å². The van der Waals surface area contributed by atoms with Crippen LogP contribution < -0.4 is 11.1 Å². The largest absolute Gasteiger partial charge is 0.416 e. The van der Waals surface area contributed by atoms with Gasteiger partial charge < -0.3 is 16.2 Å². The van der Waals surface area contributed by atoms with Gasteiger partial charge in [0.15, 0.2) is 11.8 Å². The minimum absolute atomic E-state index is 0.0832. The number of hydrogen-bond acceptors (Lipinski definition) is 6. The Kier molecular flexibility index (Phi) is 7.00. The first-order valence-corrected chi connectivity index (χ1v) is 9.75. The second kappa shape index (κ2) is 8.93. The van der Waals surface area contributed by atoms with Gasteiger partial charge in [-0.3, -0.25) is 4.79 Å². The van der Waals surface area contributed by atoms with Crippen molar-refractivity contribution in [1.29, 1.82) is 0 Å². The van der Waals surface area contributed by atoms with Crippen molar-refractivity contribution in [1.82, 2.24) is 14.6 Å². The number of aliphatic hydroxyl groups is 1. The second-order valence-corrected chi connectivity index (χ2v) is 8.31. The first-order valence-electron chi connectivity index (χ1n) is 8.31. The maximum Gasteiger partial charge on any atom is 0.416 e. The summed E-state index contributed by atoms with van der Waals surface area (Å²) < 4.78 is 76.1. The van der Waals surface area contributed by atoms with E-state index in [1.807, 2.05) is 5.32 Å². The van der Waals surface area contributed by atoms with Gasteiger partial charge in [-0.25, -0.2) is 17.8 Å². The Bertz CT molecular complexity index is 1010. The van der Waals surface area contributed by atoms with Gasteiger partial charge in [0, 0.05) is 19.8 Å². The number of pyridine rings is 1. The summed E-state index contributed by atoms with van der Waals surface area (Å²) in [4.78, 5) is 15.2. The van der Waals surface area contributed by atoms with E-state index < -0.39 is 46.3 Å². The highest BCUT2D eigenvalue weighted by Gasteiger charge is 2.38. The molecule has 1 heterocycles. The normalized spacial score (nSPS) is 13.3. The van der Waals surface area contributed by atoms with Crippen LogP contribution in [-0.2, 0) is 16.6 Å². The minimum Gasteiger partial charge on any atom is -0.397 e. The summed E-state index contributed by atoms with van der Waals surface area (Å²) in [6.07, 6.45) is -6.86. The topological polar surface area (TPSA) is 126 Å². The van der Waals surface area contributed by atoms with Crippen LogP contribution in [0.5, 0.6) is 0 Å². The molecule has 1 unspecified atom stereocenters. The van der Waals surface area contributed by atoms with Crippen molar-refractivity contribution < 1.29 is 35.9 Å². The number of carbonyl (C=O) groups excluding carboxylic acids is 1. The van der Waals surface area contributed by atoms with Crippen LogP contribution in [0.3, 0.4) is 0 Å². The Morgan fingerprint density at radius 2 is 1.90 bits per heavy atom. The molecule has 0 radical (unpaired) electrons. The highest BCUT2D eigenvalue weighted by molar-refractivity contribution is 7.89. The zero-order valence-corrected chi connectivity index (χ0v) is 16.3. The number of halogens is 4. The van der Waals surface area contributed by atoms with Crippen LogP contribution in [0.25, 0.3) is 0 Å². The van der Waals surface area contributed by atoms with Gasteiger partial charge in [-0.05, 0) is 23.8 Å². The molecule has 164 valence electrons. The van der Waals surface area contributed by atoms with Gasteiger partial charge in [0.2, 0.25) is 10.0 Å². The highest BCUT2D eigenvalue weighted by atomic mass is 32.2. The summed E-state index contributed by atoms with van der Waals surface area (Å²) in [5.74, 6) is -1.59. The molecule has 4 N–H and O–H groups in total. The Labute approximate surface area is 169 Å². The number of rotatable bonds is 7. The van der Waals surface area contributed by atoms with Gasteiger partial charge in [0.25, 0.3) is 5.91 Å². The molecule has 1 amide bonds.